The number of hydrogen-bond acceptors (Lipinski definition) is 2. The van der Waals surface area contributed by atoms with Crippen LogP contribution in [-0.2, 0) is 0 Å². The van der Waals surface area contributed by atoms with Gasteiger partial charge in [-0.1, -0.05) is 18.2 Å². The molecule has 2 N–H and O–H groups in total. The molecule has 13 heavy (non-hydrogen) atoms. The van der Waals surface area contributed by atoms with Gasteiger partial charge in [0, 0.05) is 25.2 Å². The summed E-state index contributed by atoms with van der Waals surface area (Å²) in [6.45, 7) is 4.36. The topological polar surface area (TPSA) is 24.1 Å². The van der Waals surface area contributed by atoms with Crippen LogP contribution in [0.3, 0.4) is 0 Å². The van der Waals surface area contributed by atoms with Gasteiger partial charge in [0.25, 0.3) is 0 Å². The molecule has 2 heterocycles. The van der Waals surface area contributed by atoms with Crippen molar-refractivity contribution in [3.05, 3.63) is 34.9 Å². The fraction of sp³-hybridized carbons (Fsp3) is 0.455. The lowest BCUT2D eigenvalue weighted by molar-refractivity contribution is 0.389. The number of hydrogen-bond donors (Lipinski definition) is 2. The van der Waals surface area contributed by atoms with Crippen molar-refractivity contribution in [2.45, 2.75) is 19.0 Å². The molecule has 1 saturated heterocycles. The van der Waals surface area contributed by atoms with Crippen molar-refractivity contribution >= 4 is 0 Å². The highest BCUT2D eigenvalue weighted by molar-refractivity contribution is 5.44. The molecule has 0 aliphatic carbocycles. The Kier molecular flexibility index (Phi) is 1.49. The average molecular weight is 174 g/mol. The Balaban J connectivity index is 2.20. The molecule has 2 unspecified atom stereocenters. The maximum absolute atomic E-state index is 3.63. The molecule has 2 bridgehead atoms. The summed E-state index contributed by atoms with van der Waals surface area (Å²) in [5.74, 6) is 0. The largest absolute Gasteiger partial charge is 0.313 e. The molecule has 2 nitrogen and oxygen atoms in total. The van der Waals surface area contributed by atoms with Crippen LogP contribution in [0.25, 0.3) is 0 Å². The summed E-state index contributed by atoms with van der Waals surface area (Å²) in [7, 11) is 0. The molecule has 0 saturated carbocycles. The maximum Gasteiger partial charge on any atom is 0.0457 e. The molecule has 1 aromatic rings. The van der Waals surface area contributed by atoms with Gasteiger partial charge in [-0.05, 0) is 23.6 Å². The highest BCUT2D eigenvalue weighted by Crippen LogP contribution is 2.36. The first-order chi connectivity index (χ1) is 6.36. The zero-order valence-electron chi connectivity index (χ0n) is 7.80. The summed E-state index contributed by atoms with van der Waals surface area (Å²) in [5, 5.41) is 7.09. The van der Waals surface area contributed by atoms with Crippen LogP contribution in [0.15, 0.2) is 18.2 Å². The van der Waals surface area contributed by atoms with Crippen molar-refractivity contribution in [1.82, 2.24) is 10.6 Å². The van der Waals surface area contributed by atoms with Crippen LogP contribution in [0.4, 0.5) is 0 Å². The Hall–Kier alpha value is -0.860. The standard InChI is InChI=1S/C11H14N2/c1-7-3-2-4-8-9-5-12-6-10(13-9)11(7)8/h2-4,9-10,12-13H,5-6H2,1H3. The van der Waals surface area contributed by atoms with E-state index in [-0.39, 0.29) is 0 Å². The molecule has 1 aromatic carbocycles. The smallest absolute Gasteiger partial charge is 0.0457 e. The van der Waals surface area contributed by atoms with E-state index in [1.165, 1.54) is 16.7 Å². The lowest BCUT2D eigenvalue weighted by atomic mass is 9.98. The van der Waals surface area contributed by atoms with E-state index in [0.717, 1.165) is 13.1 Å². The summed E-state index contributed by atoms with van der Waals surface area (Å²) in [6, 6.07) is 7.73. The Morgan fingerprint density at radius 3 is 3.00 bits per heavy atom. The van der Waals surface area contributed by atoms with Crippen LogP contribution < -0.4 is 10.6 Å². The first-order valence-corrected chi connectivity index (χ1v) is 4.92. The van der Waals surface area contributed by atoms with Gasteiger partial charge in [0.05, 0.1) is 0 Å². The maximum atomic E-state index is 3.63. The third-order valence-electron chi connectivity index (χ3n) is 3.18. The van der Waals surface area contributed by atoms with Crippen molar-refractivity contribution < 1.29 is 0 Å². The molecule has 2 heteroatoms. The lowest BCUT2D eigenvalue weighted by Crippen LogP contribution is -2.39. The molecular formula is C11H14N2. The number of benzene rings is 1. The highest BCUT2D eigenvalue weighted by Gasteiger charge is 2.33. The van der Waals surface area contributed by atoms with Gasteiger partial charge in [-0.25, -0.2) is 0 Å². The molecule has 68 valence electrons. The Bertz CT molecular complexity index is 346. The number of rotatable bonds is 0. The number of aryl methyl sites for hydroxylation is 1. The molecular weight excluding hydrogens is 160 g/mol. The molecule has 3 rings (SSSR count). The Labute approximate surface area is 78.3 Å². The quantitative estimate of drug-likeness (QED) is 0.619. The summed E-state index contributed by atoms with van der Waals surface area (Å²) in [6.07, 6.45) is 0. The highest BCUT2D eigenvalue weighted by atomic mass is 15.1. The van der Waals surface area contributed by atoms with Crippen LogP contribution in [0.2, 0.25) is 0 Å². The summed E-state index contributed by atoms with van der Waals surface area (Å²) in [4.78, 5) is 0. The van der Waals surface area contributed by atoms with Crippen LogP contribution in [0.1, 0.15) is 28.8 Å². The van der Waals surface area contributed by atoms with Gasteiger partial charge in [0.15, 0.2) is 0 Å². The predicted octanol–water partition coefficient (Wildman–Crippen LogP) is 1.28. The molecule has 2 atom stereocenters. The van der Waals surface area contributed by atoms with Crippen molar-refractivity contribution in [2.75, 3.05) is 13.1 Å². The summed E-state index contributed by atoms with van der Waals surface area (Å²) >= 11 is 0. The van der Waals surface area contributed by atoms with Gasteiger partial charge >= 0.3 is 0 Å². The first kappa shape index (κ1) is 7.54. The van der Waals surface area contributed by atoms with Gasteiger partial charge in [-0.15, -0.1) is 0 Å². The van der Waals surface area contributed by atoms with Crippen molar-refractivity contribution in [3.63, 3.8) is 0 Å². The predicted molar refractivity (Wildman–Crippen MR) is 52.7 cm³/mol. The van der Waals surface area contributed by atoms with Crippen LogP contribution in [0, 0.1) is 6.92 Å². The molecule has 1 fully saturated rings. The minimum atomic E-state index is 0.550. The van der Waals surface area contributed by atoms with E-state index in [1.54, 1.807) is 0 Å². The van der Waals surface area contributed by atoms with Gasteiger partial charge in [-0.2, -0.15) is 0 Å². The van der Waals surface area contributed by atoms with Crippen LogP contribution >= 0.6 is 0 Å². The van der Waals surface area contributed by atoms with Crippen LogP contribution in [0.5, 0.6) is 0 Å². The SMILES string of the molecule is Cc1cccc2c1C1CNCC2N1. The third-order valence-corrected chi connectivity index (χ3v) is 3.18. The first-order valence-electron chi connectivity index (χ1n) is 4.92. The summed E-state index contributed by atoms with van der Waals surface area (Å²) < 4.78 is 0. The van der Waals surface area contributed by atoms with E-state index >= 15 is 0 Å². The van der Waals surface area contributed by atoms with Gasteiger partial charge in [0.1, 0.15) is 0 Å². The second kappa shape index (κ2) is 2.56. The van der Waals surface area contributed by atoms with E-state index in [9.17, 15) is 0 Å². The van der Waals surface area contributed by atoms with Gasteiger partial charge < -0.3 is 10.6 Å². The minimum Gasteiger partial charge on any atom is -0.313 e. The normalized spacial score (nSPS) is 30.2. The van der Waals surface area contributed by atoms with Crippen molar-refractivity contribution in [1.29, 1.82) is 0 Å². The van der Waals surface area contributed by atoms with E-state index in [2.05, 4.69) is 35.8 Å². The summed E-state index contributed by atoms with van der Waals surface area (Å²) in [5.41, 5.74) is 4.48. The Morgan fingerprint density at radius 1 is 1.23 bits per heavy atom. The molecule has 0 aromatic heterocycles. The monoisotopic (exact) mass is 174 g/mol. The zero-order valence-corrected chi connectivity index (χ0v) is 7.80. The van der Waals surface area contributed by atoms with Crippen molar-refractivity contribution in [2.24, 2.45) is 0 Å². The molecule has 2 aliphatic rings. The fourth-order valence-corrected chi connectivity index (χ4v) is 2.60. The number of fused-ring (bicyclic) bond motifs is 5. The molecule has 0 spiro atoms. The van der Waals surface area contributed by atoms with Gasteiger partial charge in [-0.3, -0.25) is 0 Å². The van der Waals surface area contributed by atoms with E-state index in [1.807, 2.05) is 0 Å². The second-order valence-electron chi connectivity index (χ2n) is 4.01. The minimum absolute atomic E-state index is 0.550. The third kappa shape index (κ3) is 0.960. The second-order valence-corrected chi connectivity index (χ2v) is 4.01. The van der Waals surface area contributed by atoms with Gasteiger partial charge in [0.2, 0.25) is 0 Å². The lowest BCUT2D eigenvalue weighted by Gasteiger charge is -2.22. The average Bonchev–Trinajstić information content (AvgIpc) is 2.41. The van der Waals surface area contributed by atoms with E-state index in [0.29, 0.717) is 12.1 Å². The molecule has 0 amide bonds. The fourth-order valence-electron chi connectivity index (χ4n) is 2.60. The zero-order chi connectivity index (χ0) is 8.84. The van der Waals surface area contributed by atoms with Crippen LogP contribution in [-0.4, -0.2) is 13.1 Å². The Morgan fingerprint density at radius 2 is 2.08 bits per heavy atom. The van der Waals surface area contributed by atoms with E-state index in [4.69, 9.17) is 0 Å². The van der Waals surface area contributed by atoms with E-state index < -0.39 is 0 Å². The molecule has 2 aliphatic heterocycles. The van der Waals surface area contributed by atoms with Crippen molar-refractivity contribution in [3.8, 4) is 0 Å². The number of nitrogens with one attached hydrogen (secondary N) is 2. The molecule has 0 radical (unpaired) electrons. The number of piperazine rings is 1.